The van der Waals surface area contributed by atoms with Gasteiger partial charge < -0.3 is 10.6 Å². The highest BCUT2D eigenvalue weighted by atomic mass is 15.1. The highest BCUT2D eigenvalue weighted by molar-refractivity contribution is 4.72. The van der Waals surface area contributed by atoms with Crippen LogP contribution in [-0.4, -0.2) is 31.1 Å². The standard InChI is InChI=1S/C9H20N2/c1-4-7-11(3)8-6-9(10)5-2/h4,9H,1,5-8,10H2,2-3H3. The molecular formula is C9H20N2. The molecule has 0 aliphatic rings. The lowest BCUT2D eigenvalue weighted by Gasteiger charge is -2.16. The monoisotopic (exact) mass is 156 g/mol. The molecule has 2 N–H and O–H groups in total. The maximum atomic E-state index is 5.76. The van der Waals surface area contributed by atoms with E-state index in [-0.39, 0.29) is 0 Å². The van der Waals surface area contributed by atoms with Crippen LogP contribution in [0.4, 0.5) is 0 Å². The Morgan fingerprint density at radius 1 is 1.64 bits per heavy atom. The SMILES string of the molecule is C=CCN(C)CCC(N)CC. The highest BCUT2D eigenvalue weighted by Gasteiger charge is 2.00. The minimum Gasteiger partial charge on any atom is -0.328 e. The summed E-state index contributed by atoms with van der Waals surface area (Å²) >= 11 is 0. The maximum absolute atomic E-state index is 5.76. The molecule has 0 rings (SSSR count). The molecule has 0 amide bonds. The van der Waals surface area contributed by atoms with Crippen LogP contribution in [0.5, 0.6) is 0 Å². The summed E-state index contributed by atoms with van der Waals surface area (Å²) in [5, 5.41) is 0. The van der Waals surface area contributed by atoms with Gasteiger partial charge in [0.25, 0.3) is 0 Å². The summed E-state index contributed by atoms with van der Waals surface area (Å²) in [5.41, 5.74) is 5.76. The van der Waals surface area contributed by atoms with E-state index >= 15 is 0 Å². The van der Waals surface area contributed by atoms with Crippen molar-refractivity contribution in [1.82, 2.24) is 4.90 Å². The van der Waals surface area contributed by atoms with Gasteiger partial charge in [-0.3, -0.25) is 0 Å². The Bertz CT molecular complexity index is 102. The maximum Gasteiger partial charge on any atom is 0.0157 e. The van der Waals surface area contributed by atoms with E-state index in [4.69, 9.17) is 5.73 Å². The Hall–Kier alpha value is -0.340. The highest BCUT2D eigenvalue weighted by Crippen LogP contribution is 1.95. The molecule has 0 aliphatic heterocycles. The van der Waals surface area contributed by atoms with Gasteiger partial charge in [-0.1, -0.05) is 13.0 Å². The van der Waals surface area contributed by atoms with Crippen LogP contribution >= 0.6 is 0 Å². The molecule has 0 aromatic carbocycles. The molecule has 1 atom stereocenters. The number of rotatable bonds is 6. The Labute approximate surface area is 70.1 Å². The van der Waals surface area contributed by atoms with Crippen LogP contribution in [0.3, 0.4) is 0 Å². The zero-order valence-corrected chi connectivity index (χ0v) is 7.71. The lowest BCUT2D eigenvalue weighted by atomic mass is 10.1. The number of nitrogens with two attached hydrogens (primary N) is 1. The molecule has 66 valence electrons. The molecule has 0 heterocycles. The van der Waals surface area contributed by atoms with E-state index in [2.05, 4.69) is 25.5 Å². The fourth-order valence-corrected chi connectivity index (χ4v) is 0.902. The van der Waals surface area contributed by atoms with Gasteiger partial charge in [0, 0.05) is 12.6 Å². The first-order valence-corrected chi connectivity index (χ1v) is 4.25. The molecule has 0 spiro atoms. The van der Waals surface area contributed by atoms with Gasteiger partial charge in [-0.25, -0.2) is 0 Å². The third-order valence-corrected chi connectivity index (χ3v) is 1.85. The normalized spacial score (nSPS) is 13.5. The molecule has 0 aromatic heterocycles. The molecule has 0 fully saturated rings. The summed E-state index contributed by atoms with van der Waals surface area (Å²) in [5.74, 6) is 0. The summed E-state index contributed by atoms with van der Waals surface area (Å²) in [6.45, 7) is 7.82. The van der Waals surface area contributed by atoms with Crippen molar-refractivity contribution < 1.29 is 0 Å². The molecule has 2 heteroatoms. The zero-order valence-electron chi connectivity index (χ0n) is 7.71. The average molecular weight is 156 g/mol. The van der Waals surface area contributed by atoms with Crippen molar-refractivity contribution in [3.05, 3.63) is 12.7 Å². The number of likely N-dealkylation sites (N-methyl/N-ethyl adjacent to an activating group) is 1. The fourth-order valence-electron chi connectivity index (χ4n) is 0.902. The van der Waals surface area contributed by atoms with Gasteiger partial charge in [0.05, 0.1) is 0 Å². The summed E-state index contributed by atoms with van der Waals surface area (Å²) in [7, 11) is 2.09. The van der Waals surface area contributed by atoms with Crippen molar-refractivity contribution in [2.45, 2.75) is 25.8 Å². The molecule has 0 saturated carbocycles. The number of nitrogens with zero attached hydrogens (tertiary/aromatic N) is 1. The van der Waals surface area contributed by atoms with Gasteiger partial charge in [0.1, 0.15) is 0 Å². The molecule has 0 saturated heterocycles. The lowest BCUT2D eigenvalue weighted by Crippen LogP contribution is -2.27. The van der Waals surface area contributed by atoms with Crippen molar-refractivity contribution in [3.63, 3.8) is 0 Å². The molecule has 0 radical (unpaired) electrons. The topological polar surface area (TPSA) is 29.3 Å². The minimum atomic E-state index is 0.363. The number of hydrogen-bond acceptors (Lipinski definition) is 2. The van der Waals surface area contributed by atoms with Gasteiger partial charge in [-0.05, 0) is 26.4 Å². The van der Waals surface area contributed by atoms with E-state index < -0.39 is 0 Å². The van der Waals surface area contributed by atoms with E-state index in [0.717, 1.165) is 25.9 Å². The predicted molar refractivity (Wildman–Crippen MR) is 50.6 cm³/mol. The third kappa shape index (κ3) is 6.07. The van der Waals surface area contributed by atoms with Crippen molar-refractivity contribution in [1.29, 1.82) is 0 Å². The van der Waals surface area contributed by atoms with Crippen molar-refractivity contribution >= 4 is 0 Å². The zero-order chi connectivity index (χ0) is 8.69. The third-order valence-electron chi connectivity index (χ3n) is 1.85. The second-order valence-corrected chi connectivity index (χ2v) is 3.01. The van der Waals surface area contributed by atoms with E-state index in [9.17, 15) is 0 Å². The van der Waals surface area contributed by atoms with E-state index in [0.29, 0.717) is 6.04 Å². The molecular weight excluding hydrogens is 136 g/mol. The number of hydrogen-bond donors (Lipinski definition) is 1. The average Bonchev–Trinajstić information content (AvgIpc) is 2.01. The summed E-state index contributed by atoms with van der Waals surface area (Å²) in [6.07, 6.45) is 4.07. The molecule has 11 heavy (non-hydrogen) atoms. The van der Waals surface area contributed by atoms with Gasteiger partial charge in [-0.2, -0.15) is 0 Å². The van der Waals surface area contributed by atoms with Crippen LogP contribution in [-0.2, 0) is 0 Å². The van der Waals surface area contributed by atoms with Crippen LogP contribution in [0.15, 0.2) is 12.7 Å². The molecule has 0 aromatic rings. The molecule has 0 bridgehead atoms. The van der Waals surface area contributed by atoms with E-state index in [1.807, 2.05) is 6.08 Å². The first-order valence-electron chi connectivity index (χ1n) is 4.25. The van der Waals surface area contributed by atoms with Crippen LogP contribution in [0.1, 0.15) is 19.8 Å². The van der Waals surface area contributed by atoms with Gasteiger partial charge in [-0.15, -0.1) is 6.58 Å². The summed E-state index contributed by atoms with van der Waals surface area (Å²) in [4.78, 5) is 2.22. The molecule has 2 nitrogen and oxygen atoms in total. The fraction of sp³-hybridized carbons (Fsp3) is 0.778. The van der Waals surface area contributed by atoms with Gasteiger partial charge in [0.2, 0.25) is 0 Å². The lowest BCUT2D eigenvalue weighted by molar-refractivity contribution is 0.347. The smallest absolute Gasteiger partial charge is 0.0157 e. The van der Waals surface area contributed by atoms with Crippen LogP contribution in [0, 0.1) is 0 Å². The van der Waals surface area contributed by atoms with E-state index in [1.165, 1.54) is 0 Å². The second kappa shape index (κ2) is 6.38. The Kier molecular flexibility index (Phi) is 6.18. The molecule has 1 unspecified atom stereocenters. The largest absolute Gasteiger partial charge is 0.328 e. The second-order valence-electron chi connectivity index (χ2n) is 3.01. The first kappa shape index (κ1) is 10.7. The van der Waals surface area contributed by atoms with Crippen LogP contribution in [0.25, 0.3) is 0 Å². The van der Waals surface area contributed by atoms with E-state index in [1.54, 1.807) is 0 Å². The first-order chi connectivity index (χ1) is 5.20. The van der Waals surface area contributed by atoms with Gasteiger partial charge >= 0.3 is 0 Å². The van der Waals surface area contributed by atoms with Gasteiger partial charge in [0.15, 0.2) is 0 Å². The minimum absolute atomic E-state index is 0.363. The van der Waals surface area contributed by atoms with Crippen molar-refractivity contribution in [2.24, 2.45) is 5.73 Å². The Balaban J connectivity index is 3.29. The summed E-state index contributed by atoms with van der Waals surface area (Å²) < 4.78 is 0. The van der Waals surface area contributed by atoms with Crippen molar-refractivity contribution in [2.75, 3.05) is 20.1 Å². The Morgan fingerprint density at radius 2 is 2.27 bits per heavy atom. The van der Waals surface area contributed by atoms with Crippen LogP contribution < -0.4 is 5.73 Å². The Morgan fingerprint density at radius 3 is 2.73 bits per heavy atom. The molecule has 0 aliphatic carbocycles. The summed E-state index contributed by atoms with van der Waals surface area (Å²) in [6, 6.07) is 0.363. The predicted octanol–water partition coefficient (Wildman–Crippen LogP) is 1.23. The van der Waals surface area contributed by atoms with Crippen molar-refractivity contribution in [3.8, 4) is 0 Å². The van der Waals surface area contributed by atoms with Crippen LogP contribution in [0.2, 0.25) is 0 Å². The quantitative estimate of drug-likeness (QED) is 0.586.